The van der Waals surface area contributed by atoms with Crippen molar-refractivity contribution in [2.75, 3.05) is 18.4 Å². The van der Waals surface area contributed by atoms with Gasteiger partial charge in [0, 0.05) is 19.1 Å². The van der Waals surface area contributed by atoms with Gasteiger partial charge in [-0.25, -0.2) is 4.68 Å². The molecule has 106 valence electrons. The van der Waals surface area contributed by atoms with Crippen LogP contribution in [0.5, 0.6) is 0 Å². The fraction of sp³-hybridized carbons (Fsp3) is 0.750. The van der Waals surface area contributed by atoms with Crippen LogP contribution in [0.2, 0.25) is 0 Å². The fourth-order valence-corrected chi connectivity index (χ4v) is 2.08. The molecule has 0 unspecified atom stereocenters. The van der Waals surface area contributed by atoms with E-state index in [4.69, 9.17) is 0 Å². The molecular formula is C12H21N5O2. The van der Waals surface area contributed by atoms with Crippen LogP contribution in [0.4, 0.5) is 11.5 Å². The highest BCUT2D eigenvalue weighted by atomic mass is 16.6. The number of aryl methyl sites for hydroxylation is 2. The molecule has 1 aliphatic carbocycles. The molecule has 1 aromatic rings. The molecule has 1 heterocycles. The van der Waals surface area contributed by atoms with E-state index in [9.17, 15) is 10.1 Å². The molecule has 0 spiro atoms. The molecule has 0 amide bonds. The molecule has 19 heavy (non-hydrogen) atoms. The van der Waals surface area contributed by atoms with E-state index in [1.165, 1.54) is 12.8 Å². The van der Waals surface area contributed by atoms with Crippen LogP contribution in [0.3, 0.4) is 0 Å². The van der Waals surface area contributed by atoms with Crippen LogP contribution in [-0.4, -0.2) is 33.8 Å². The minimum absolute atomic E-state index is 0.0944. The zero-order chi connectivity index (χ0) is 13.8. The number of anilines is 1. The normalized spacial score (nSPS) is 14.6. The number of nitrogens with one attached hydrogen (secondary N) is 2. The van der Waals surface area contributed by atoms with Crippen molar-refractivity contribution in [1.29, 1.82) is 0 Å². The van der Waals surface area contributed by atoms with Gasteiger partial charge in [-0.1, -0.05) is 0 Å². The molecule has 0 aliphatic heterocycles. The van der Waals surface area contributed by atoms with Gasteiger partial charge < -0.3 is 10.6 Å². The van der Waals surface area contributed by atoms with Crippen molar-refractivity contribution >= 4 is 11.5 Å². The lowest BCUT2D eigenvalue weighted by atomic mass is 10.3. The first-order valence-corrected chi connectivity index (χ1v) is 6.82. The number of aromatic nitrogens is 2. The van der Waals surface area contributed by atoms with Crippen molar-refractivity contribution < 1.29 is 4.92 Å². The van der Waals surface area contributed by atoms with Crippen LogP contribution < -0.4 is 10.6 Å². The van der Waals surface area contributed by atoms with E-state index < -0.39 is 0 Å². The molecule has 1 aliphatic rings. The zero-order valence-electron chi connectivity index (χ0n) is 11.5. The summed E-state index contributed by atoms with van der Waals surface area (Å²) in [4.78, 5) is 10.7. The Balaban J connectivity index is 1.91. The second-order valence-corrected chi connectivity index (χ2v) is 4.86. The summed E-state index contributed by atoms with van der Waals surface area (Å²) in [6.45, 7) is 5.88. The first-order valence-electron chi connectivity index (χ1n) is 6.82. The molecule has 2 N–H and O–H groups in total. The summed E-state index contributed by atoms with van der Waals surface area (Å²) in [6.07, 6.45) is 3.50. The van der Waals surface area contributed by atoms with Gasteiger partial charge in [0.2, 0.25) is 5.82 Å². The zero-order valence-corrected chi connectivity index (χ0v) is 11.5. The SMILES string of the molecule is CCn1nc(C)c([N+](=O)[O-])c1NCCCNC1CC1. The Kier molecular flexibility index (Phi) is 4.36. The van der Waals surface area contributed by atoms with Crippen LogP contribution in [0.15, 0.2) is 0 Å². The summed E-state index contributed by atoms with van der Waals surface area (Å²) in [5, 5.41) is 21.8. The van der Waals surface area contributed by atoms with E-state index in [-0.39, 0.29) is 10.6 Å². The van der Waals surface area contributed by atoms with Crippen molar-refractivity contribution in [2.24, 2.45) is 0 Å². The number of nitro groups is 1. The lowest BCUT2D eigenvalue weighted by Gasteiger charge is -2.08. The molecule has 1 aromatic heterocycles. The average molecular weight is 267 g/mol. The number of rotatable bonds is 8. The standard InChI is InChI=1S/C12H21N5O2/c1-3-16-12(11(17(18)19)9(2)15-16)14-8-4-7-13-10-5-6-10/h10,13-14H,3-8H2,1-2H3. The molecule has 0 aromatic carbocycles. The van der Waals surface area contributed by atoms with E-state index in [0.29, 0.717) is 30.6 Å². The van der Waals surface area contributed by atoms with E-state index in [1.54, 1.807) is 11.6 Å². The Labute approximate surface area is 112 Å². The second kappa shape index (κ2) is 6.01. The van der Waals surface area contributed by atoms with Crippen LogP contribution in [0.25, 0.3) is 0 Å². The molecule has 7 nitrogen and oxygen atoms in total. The van der Waals surface area contributed by atoms with Gasteiger partial charge in [-0.3, -0.25) is 10.1 Å². The molecule has 7 heteroatoms. The molecule has 1 fully saturated rings. The highest BCUT2D eigenvalue weighted by Gasteiger charge is 2.24. The minimum Gasteiger partial charge on any atom is -0.364 e. The maximum absolute atomic E-state index is 11.1. The Morgan fingerprint density at radius 1 is 1.47 bits per heavy atom. The van der Waals surface area contributed by atoms with Crippen molar-refractivity contribution in [3.8, 4) is 0 Å². The number of hydrogen-bond acceptors (Lipinski definition) is 5. The molecule has 0 radical (unpaired) electrons. The highest BCUT2D eigenvalue weighted by molar-refractivity contribution is 5.59. The van der Waals surface area contributed by atoms with E-state index in [2.05, 4.69) is 15.7 Å². The van der Waals surface area contributed by atoms with Crippen LogP contribution in [0.1, 0.15) is 31.9 Å². The monoisotopic (exact) mass is 267 g/mol. The topological polar surface area (TPSA) is 85.0 Å². The van der Waals surface area contributed by atoms with Gasteiger partial charge in [0.05, 0.1) is 4.92 Å². The first kappa shape index (κ1) is 13.8. The Morgan fingerprint density at radius 2 is 2.21 bits per heavy atom. The van der Waals surface area contributed by atoms with Gasteiger partial charge in [0.1, 0.15) is 5.69 Å². The molecule has 2 rings (SSSR count). The van der Waals surface area contributed by atoms with Crippen molar-refractivity contribution in [3.05, 3.63) is 15.8 Å². The summed E-state index contributed by atoms with van der Waals surface area (Å²) >= 11 is 0. The van der Waals surface area contributed by atoms with Gasteiger partial charge >= 0.3 is 5.69 Å². The van der Waals surface area contributed by atoms with Crippen LogP contribution in [-0.2, 0) is 6.54 Å². The summed E-state index contributed by atoms with van der Waals surface area (Å²) in [5.74, 6) is 0.524. The lowest BCUT2D eigenvalue weighted by molar-refractivity contribution is -0.384. The lowest BCUT2D eigenvalue weighted by Crippen LogP contribution is -2.20. The molecule has 0 saturated heterocycles. The van der Waals surface area contributed by atoms with Gasteiger partial charge in [0.15, 0.2) is 0 Å². The van der Waals surface area contributed by atoms with E-state index >= 15 is 0 Å². The third kappa shape index (κ3) is 3.44. The quantitative estimate of drug-likeness (QED) is 0.425. The largest absolute Gasteiger partial charge is 0.364 e. The molecular weight excluding hydrogens is 246 g/mol. The van der Waals surface area contributed by atoms with Crippen molar-refractivity contribution in [3.63, 3.8) is 0 Å². The Morgan fingerprint density at radius 3 is 2.79 bits per heavy atom. The fourth-order valence-electron chi connectivity index (χ4n) is 2.08. The third-order valence-corrected chi connectivity index (χ3v) is 3.23. The summed E-state index contributed by atoms with van der Waals surface area (Å²) in [6, 6.07) is 0.706. The second-order valence-electron chi connectivity index (χ2n) is 4.86. The van der Waals surface area contributed by atoms with Gasteiger partial charge in [-0.15, -0.1) is 0 Å². The van der Waals surface area contributed by atoms with Crippen LogP contribution >= 0.6 is 0 Å². The maximum Gasteiger partial charge on any atom is 0.333 e. The van der Waals surface area contributed by atoms with Crippen molar-refractivity contribution in [1.82, 2.24) is 15.1 Å². The Hall–Kier alpha value is -1.63. The van der Waals surface area contributed by atoms with E-state index in [0.717, 1.165) is 13.0 Å². The van der Waals surface area contributed by atoms with Crippen molar-refractivity contribution in [2.45, 2.75) is 45.7 Å². The number of hydrogen-bond donors (Lipinski definition) is 2. The highest BCUT2D eigenvalue weighted by Crippen LogP contribution is 2.27. The predicted octanol–water partition coefficient (Wildman–Crippen LogP) is 1.67. The summed E-state index contributed by atoms with van der Waals surface area (Å²) in [7, 11) is 0. The van der Waals surface area contributed by atoms with Gasteiger partial charge in [-0.05, 0) is 39.7 Å². The minimum atomic E-state index is -0.362. The summed E-state index contributed by atoms with van der Waals surface area (Å²) in [5.41, 5.74) is 0.558. The third-order valence-electron chi connectivity index (χ3n) is 3.23. The summed E-state index contributed by atoms with van der Waals surface area (Å²) < 4.78 is 1.65. The smallest absolute Gasteiger partial charge is 0.333 e. The first-order chi connectivity index (χ1) is 9.13. The van der Waals surface area contributed by atoms with E-state index in [1.807, 2.05) is 6.92 Å². The maximum atomic E-state index is 11.1. The molecule has 0 atom stereocenters. The van der Waals surface area contributed by atoms with Gasteiger partial charge in [-0.2, -0.15) is 5.10 Å². The average Bonchev–Trinajstić information content (AvgIpc) is 3.12. The number of nitrogens with zero attached hydrogens (tertiary/aromatic N) is 3. The molecule has 0 bridgehead atoms. The predicted molar refractivity (Wildman–Crippen MR) is 73.4 cm³/mol. The van der Waals surface area contributed by atoms with Gasteiger partial charge in [0.25, 0.3) is 0 Å². The molecule has 1 saturated carbocycles. The Bertz CT molecular complexity index is 453. The van der Waals surface area contributed by atoms with Crippen LogP contribution in [0, 0.1) is 17.0 Å².